The maximum absolute atomic E-state index is 10.9. The lowest BCUT2D eigenvalue weighted by molar-refractivity contribution is -0.131. The smallest absolute Gasteiger partial charge is 0.308 e. The van der Waals surface area contributed by atoms with E-state index in [4.69, 9.17) is 14.2 Å². The SMILES string of the molecule is COc1cc(OC)c(C)c(OC(C)=O)c1. The number of esters is 1. The van der Waals surface area contributed by atoms with Gasteiger partial charge in [-0.15, -0.1) is 0 Å². The van der Waals surface area contributed by atoms with E-state index in [1.165, 1.54) is 6.92 Å². The van der Waals surface area contributed by atoms with E-state index in [-0.39, 0.29) is 5.97 Å². The molecule has 1 rings (SSSR count). The molecule has 15 heavy (non-hydrogen) atoms. The Kier molecular flexibility index (Phi) is 3.55. The van der Waals surface area contributed by atoms with Gasteiger partial charge in [0.15, 0.2) is 0 Å². The minimum absolute atomic E-state index is 0.367. The number of benzene rings is 1. The lowest BCUT2D eigenvalue weighted by Crippen LogP contribution is -2.04. The monoisotopic (exact) mass is 210 g/mol. The van der Waals surface area contributed by atoms with Crippen LogP contribution in [0.3, 0.4) is 0 Å². The zero-order valence-corrected chi connectivity index (χ0v) is 9.29. The summed E-state index contributed by atoms with van der Waals surface area (Å²) in [6.45, 7) is 3.17. The van der Waals surface area contributed by atoms with Crippen molar-refractivity contribution in [1.29, 1.82) is 0 Å². The number of rotatable bonds is 3. The van der Waals surface area contributed by atoms with Gasteiger partial charge in [-0.2, -0.15) is 0 Å². The number of carbonyl (C=O) groups excluding carboxylic acids is 1. The van der Waals surface area contributed by atoms with Gasteiger partial charge < -0.3 is 14.2 Å². The molecule has 0 aliphatic carbocycles. The van der Waals surface area contributed by atoms with E-state index >= 15 is 0 Å². The van der Waals surface area contributed by atoms with Crippen molar-refractivity contribution in [3.05, 3.63) is 17.7 Å². The van der Waals surface area contributed by atoms with E-state index in [0.29, 0.717) is 17.2 Å². The summed E-state index contributed by atoms with van der Waals surface area (Å²) >= 11 is 0. The van der Waals surface area contributed by atoms with Crippen LogP contribution in [0.25, 0.3) is 0 Å². The third-order valence-electron chi connectivity index (χ3n) is 2.00. The van der Waals surface area contributed by atoms with Crippen LogP contribution in [0.15, 0.2) is 12.1 Å². The zero-order valence-electron chi connectivity index (χ0n) is 9.29. The first-order valence-corrected chi connectivity index (χ1v) is 4.49. The Morgan fingerprint density at radius 2 is 1.73 bits per heavy atom. The zero-order chi connectivity index (χ0) is 11.4. The third kappa shape index (κ3) is 2.62. The second-order valence-corrected chi connectivity index (χ2v) is 3.05. The Morgan fingerprint density at radius 1 is 1.13 bits per heavy atom. The summed E-state index contributed by atoms with van der Waals surface area (Å²) in [7, 11) is 3.10. The molecule has 1 aromatic carbocycles. The fraction of sp³-hybridized carbons (Fsp3) is 0.364. The normalized spacial score (nSPS) is 9.60. The molecule has 0 fully saturated rings. The van der Waals surface area contributed by atoms with Gasteiger partial charge in [0, 0.05) is 24.6 Å². The predicted molar refractivity (Wildman–Crippen MR) is 55.6 cm³/mol. The standard InChI is InChI=1S/C11H14O4/c1-7-10(14-4)5-9(13-3)6-11(7)15-8(2)12/h5-6H,1-4H3. The first-order valence-electron chi connectivity index (χ1n) is 4.49. The van der Waals surface area contributed by atoms with E-state index in [2.05, 4.69) is 0 Å². The summed E-state index contributed by atoms with van der Waals surface area (Å²) < 4.78 is 15.2. The fourth-order valence-electron chi connectivity index (χ4n) is 1.23. The van der Waals surface area contributed by atoms with Crippen molar-refractivity contribution in [2.24, 2.45) is 0 Å². The molecule has 0 heterocycles. The minimum atomic E-state index is -0.367. The van der Waals surface area contributed by atoms with Gasteiger partial charge >= 0.3 is 5.97 Å². The average molecular weight is 210 g/mol. The van der Waals surface area contributed by atoms with Crippen molar-refractivity contribution in [2.75, 3.05) is 14.2 Å². The van der Waals surface area contributed by atoms with Gasteiger partial charge in [0.05, 0.1) is 14.2 Å². The lowest BCUT2D eigenvalue weighted by Gasteiger charge is -2.11. The molecule has 0 bridgehead atoms. The summed E-state index contributed by atoms with van der Waals surface area (Å²) in [4.78, 5) is 10.9. The molecule has 0 unspecified atom stereocenters. The second-order valence-electron chi connectivity index (χ2n) is 3.05. The van der Waals surface area contributed by atoms with Crippen LogP contribution >= 0.6 is 0 Å². The Balaban J connectivity index is 3.17. The third-order valence-corrected chi connectivity index (χ3v) is 2.00. The number of ether oxygens (including phenoxy) is 3. The van der Waals surface area contributed by atoms with E-state index < -0.39 is 0 Å². The van der Waals surface area contributed by atoms with Crippen LogP contribution in [0.2, 0.25) is 0 Å². The topological polar surface area (TPSA) is 44.8 Å². The summed E-state index contributed by atoms with van der Waals surface area (Å²) in [6, 6.07) is 3.39. The largest absolute Gasteiger partial charge is 0.496 e. The predicted octanol–water partition coefficient (Wildman–Crippen LogP) is 1.94. The average Bonchev–Trinajstić information content (AvgIpc) is 2.20. The van der Waals surface area contributed by atoms with Gasteiger partial charge in [0.2, 0.25) is 0 Å². The quantitative estimate of drug-likeness (QED) is 0.565. The molecule has 0 aromatic heterocycles. The van der Waals surface area contributed by atoms with Crippen molar-refractivity contribution in [3.8, 4) is 17.2 Å². The molecule has 0 radical (unpaired) electrons. The van der Waals surface area contributed by atoms with Gasteiger partial charge in [-0.25, -0.2) is 0 Å². The van der Waals surface area contributed by atoms with Gasteiger partial charge in [0.1, 0.15) is 17.2 Å². The molecule has 4 heteroatoms. The Hall–Kier alpha value is -1.71. The molecule has 0 spiro atoms. The maximum atomic E-state index is 10.9. The van der Waals surface area contributed by atoms with Gasteiger partial charge in [-0.05, 0) is 6.92 Å². The van der Waals surface area contributed by atoms with Crippen LogP contribution in [0, 0.1) is 6.92 Å². The molecule has 0 saturated heterocycles. The van der Waals surface area contributed by atoms with Crippen molar-refractivity contribution in [3.63, 3.8) is 0 Å². The van der Waals surface area contributed by atoms with E-state index in [1.54, 1.807) is 26.4 Å². The summed E-state index contributed by atoms with van der Waals surface area (Å²) in [5, 5.41) is 0. The highest BCUT2D eigenvalue weighted by molar-refractivity contribution is 5.70. The van der Waals surface area contributed by atoms with Crippen LogP contribution in [0.4, 0.5) is 0 Å². The highest BCUT2D eigenvalue weighted by Crippen LogP contribution is 2.33. The van der Waals surface area contributed by atoms with Crippen molar-refractivity contribution >= 4 is 5.97 Å². The molecule has 0 N–H and O–H groups in total. The van der Waals surface area contributed by atoms with Crippen LogP contribution in [-0.4, -0.2) is 20.2 Å². The van der Waals surface area contributed by atoms with Crippen LogP contribution in [0.1, 0.15) is 12.5 Å². The van der Waals surface area contributed by atoms with E-state index in [1.807, 2.05) is 6.92 Å². The molecule has 82 valence electrons. The van der Waals surface area contributed by atoms with Crippen molar-refractivity contribution in [1.82, 2.24) is 0 Å². The minimum Gasteiger partial charge on any atom is -0.496 e. The lowest BCUT2D eigenvalue weighted by atomic mass is 10.2. The Morgan fingerprint density at radius 3 is 2.20 bits per heavy atom. The molecule has 0 aliphatic rings. The van der Waals surface area contributed by atoms with Crippen LogP contribution in [-0.2, 0) is 4.79 Å². The molecule has 0 atom stereocenters. The number of carbonyl (C=O) groups is 1. The van der Waals surface area contributed by atoms with E-state index in [0.717, 1.165) is 5.56 Å². The fourth-order valence-corrected chi connectivity index (χ4v) is 1.23. The van der Waals surface area contributed by atoms with Crippen molar-refractivity contribution < 1.29 is 19.0 Å². The first kappa shape index (κ1) is 11.4. The van der Waals surface area contributed by atoms with Crippen LogP contribution < -0.4 is 14.2 Å². The van der Waals surface area contributed by atoms with Gasteiger partial charge in [-0.3, -0.25) is 4.79 Å². The molecular formula is C11H14O4. The summed E-state index contributed by atoms with van der Waals surface area (Å²) in [6.07, 6.45) is 0. The number of methoxy groups -OCH3 is 2. The molecular weight excluding hydrogens is 196 g/mol. The molecule has 0 amide bonds. The number of hydrogen-bond acceptors (Lipinski definition) is 4. The maximum Gasteiger partial charge on any atom is 0.308 e. The number of hydrogen-bond donors (Lipinski definition) is 0. The van der Waals surface area contributed by atoms with Gasteiger partial charge in [0.25, 0.3) is 0 Å². The summed E-state index contributed by atoms with van der Waals surface area (Å²) in [5.41, 5.74) is 0.772. The Bertz CT molecular complexity index is 371. The van der Waals surface area contributed by atoms with Crippen LogP contribution in [0.5, 0.6) is 17.2 Å². The first-order chi connectivity index (χ1) is 7.08. The van der Waals surface area contributed by atoms with Gasteiger partial charge in [-0.1, -0.05) is 0 Å². The van der Waals surface area contributed by atoms with Crippen molar-refractivity contribution in [2.45, 2.75) is 13.8 Å². The molecule has 0 aliphatic heterocycles. The Labute approximate surface area is 88.8 Å². The highest BCUT2D eigenvalue weighted by atomic mass is 16.5. The molecule has 1 aromatic rings. The molecule has 0 saturated carbocycles. The van der Waals surface area contributed by atoms with E-state index in [9.17, 15) is 4.79 Å². The highest BCUT2D eigenvalue weighted by Gasteiger charge is 2.10. The summed E-state index contributed by atoms with van der Waals surface area (Å²) in [5.74, 6) is 1.31. The second kappa shape index (κ2) is 4.68. The molecule has 4 nitrogen and oxygen atoms in total.